The van der Waals surface area contributed by atoms with Crippen LogP contribution in [-0.2, 0) is 28.7 Å². The van der Waals surface area contributed by atoms with Gasteiger partial charge < -0.3 is 35.0 Å². The van der Waals surface area contributed by atoms with Crippen LogP contribution in [0.5, 0.6) is 0 Å². The molecule has 12 nitrogen and oxygen atoms in total. The predicted molar refractivity (Wildman–Crippen MR) is 221 cm³/mol. The van der Waals surface area contributed by atoms with Crippen LogP contribution in [0.15, 0.2) is 30.3 Å². The summed E-state index contributed by atoms with van der Waals surface area (Å²) in [5.41, 5.74) is 0.708. The van der Waals surface area contributed by atoms with Gasteiger partial charge in [-0.2, -0.15) is 12.6 Å². The number of likely N-dealkylation sites (N-methyl/N-ethyl adjacent to an activating group) is 2. The van der Waals surface area contributed by atoms with Gasteiger partial charge in [0.25, 0.3) is 0 Å². The largest absolute Gasteiger partial charge is 0.386 e. The Morgan fingerprint density at radius 1 is 0.945 bits per heavy atom. The van der Waals surface area contributed by atoms with Gasteiger partial charge in [0.05, 0.1) is 59.7 Å². The fraction of sp³-hybridized carbons (Fsp3) is 0.762. The zero-order valence-electron chi connectivity index (χ0n) is 36.0. The van der Waals surface area contributed by atoms with Crippen LogP contribution in [0.25, 0.3) is 0 Å². The molecule has 4 amide bonds. The lowest BCUT2D eigenvalue weighted by atomic mass is 9.89. The third kappa shape index (κ3) is 12.6. The van der Waals surface area contributed by atoms with E-state index in [2.05, 4.69) is 10.6 Å². The van der Waals surface area contributed by atoms with E-state index in [4.69, 9.17) is 22.1 Å². The number of rotatable bonds is 21. The summed E-state index contributed by atoms with van der Waals surface area (Å²) < 4.78 is 12.0. The zero-order valence-corrected chi connectivity index (χ0v) is 36.9. The number of amides is 4. The number of carbonyl (C=O) groups is 4. The summed E-state index contributed by atoms with van der Waals surface area (Å²) >= 11 is 4.70. The molecule has 0 saturated carbocycles. The molecule has 1 aliphatic rings. The highest BCUT2D eigenvalue weighted by atomic mass is 32.1. The molecule has 2 rings (SSSR count). The summed E-state index contributed by atoms with van der Waals surface area (Å²) in [6.45, 7) is 19.8. The van der Waals surface area contributed by atoms with Crippen molar-refractivity contribution < 1.29 is 33.8 Å². The summed E-state index contributed by atoms with van der Waals surface area (Å²) in [6, 6.07) is 6.52. The van der Waals surface area contributed by atoms with Crippen molar-refractivity contribution in [3.05, 3.63) is 35.9 Å². The van der Waals surface area contributed by atoms with Gasteiger partial charge in [0.1, 0.15) is 6.04 Å². The molecule has 1 aliphatic heterocycles. The Hall–Kier alpha value is -2.71. The fourth-order valence-corrected chi connectivity index (χ4v) is 8.04. The standard InChI is InChI=1S/C42H73N5O7S/c1-15-27(6)36(45(11)41(52)34(25(2)3)44-40(51)35(26(4)5)46(12)42(9,10)55)32(53-13)24-33(48)47-23-19-22-31(47)38(54-14)28(7)39(50)43-29(8)37(49)30-20-17-16-18-21-30/h16-18,20-21,25-29,31-32,34-38,49,55H,15,19,22-24H2,1-14H3,(H,43,50)(H,44,51)/t27-,28+,29+,31-,32+,34-,35-,36-,37+,38+/m0/s1. The van der Waals surface area contributed by atoms with Crippen molar-refractivity contribution in [2.75, 3.05) is 34.9 Å². The highest BCUT2D eigenvalue weighted by Crippen LogP contribution is 2.30. The minimum absolute atomic E-state index is 0.0207. The molecule has 314 valence electrons. The molecular weight excluding hydrogens is 719 g/mol. The Morgan fingerprint density at radius 2 is 1.55 bits per heavy atom. The van der Waals surface area contributed by atoms with Gasteiger partial charge in [-0.05, 0) is 64.0 Å². The van der Waals surface area contributed by atoms with Crippen molar-refractivity contribution in [1.29, 1.82) is 0 Å². The van der Waals surface area contributed by atoms with Gasteiger partial charge in [-0.1, -0.05) is 85.2 Å². The lowest BCUT2D eigenvalue weighted by Gasteiger charge is -2.42. The van der Waals surface area contributed by atoms with Gasteiger partial charge in [-0.15, -0.1) is 0 Å². The van der Waals surface area contributed by atoms with Gasteiger partial charge in [-0.3, -0.25) is 24.1 Å². The lowest BCUT2D eigenvalue weighted by Crippen LogP contribution is -2.61. The van der Waals surface area contributed by atoms with Crippen LogP contribution >= 0.6 is 12.6 Å². The first-order valence-electron chi connectivity index (χ1n) is 20.0. The number of thiol groups is 1. The summed E-state index contributed by atoms with van der Waals surface area (Å²) in [5.74, 6) is -1.78. The molecule has 10 atom stereocenters. The van der Waals surface area contributed by atoms with Gasteiger partial charge in [-0.25, -0.2) is 0 Å². The van der Waals surface area contributed by atoms with Gasteiger partial charge in [0.2, 0.25) is 23.6 Å². The molecule has 0 radical (unpaired) electrons. The molecule has 3 N–H and O–H groups in total. The molecule has 1 aromatic carbocycles. The second-order valence-corrected chi connectivity index (χ2v) is 17.9. The molecule has 0 bridgehead atoms. The number of aliphatic hydroxyl groups is 1. The Balaban J connectivity index is 2.28. The van der Waals surface area contributed by atoms with E-state index >= 15 is 0 Å². The quantitative estimate of drug-likeness (QED) is 0.102. The minimum Gasteiger partial charge on any atom is -0.386 e. The summed E-state index contributed by atoms with van der Waals surface area (Å²) in [6.07, 6.45) is 0.0745. The highest BCUT2D eigenvalue weighted by molar-refractivity contribution is 7.81. The van der Waals surface area contributed by atoms with Crippen LogP contribution in [0.4, 0.5) is 0 Å². The van der Waals surface area contributed by atoms with Crippen molar-refractivity contribution in [2.45, 2.75) is 148 Å². The van der Waals surface area contributed by atoms with Gasteiger partial charge >= 0.3 is 0 Å². The molecule has 1 fully saturated rings. The zero-order chi connectivity index (χ0) is 41.9. The van der Waals surface area contributed by atoms with Crippen LogP contribution in [0.1, 0.15) is 107 Å². The molecule has 13 heteroatoms. The summed E-state index contributed by atoms with van der Waals surface area (Å²) in [4.78, 5) is 60.7. The molecule has 0 aliphatic carbocycles. The first-order chi connectivity index (χ1) is 25.6. The van der Waals surface area contributed by atoms with E-state index in [0.29, 0.717) is 18.5 Å². The smallest absolute Gasteiger partial charge is 0.245 e. The molecule has 0 unspecified atom stereocenters. The van der Waals surface area contributed by atoms with E-state index in [-0.39, 0.29) is 53.8 Å². The number of ether oxygens (including phenoxy) is 2. The number of hydrogen-bond acceptors (Lipinski definition) is 9. The maximum atomic E-state index is 14.4. The van der Waals surface area contributed by atoms with Crippen molar-refractivity contribution in [1.82, 2.24) is 25.3 Å². The minimum atomic E-state index is -0.881. The summed E-state index contributed by atoms with van der Waals surface area (Å²) in [7, 11) is 6.71. The number of likely N-dealkylation sites (tertiary alicyclic amines) is 1. The third-order valence-corrected chi connectivity index (χ3v) is 12.0. The Bertz CT molecular complexity index is 1380. The maximum Gasteiger partial charge on any atom is 0.245 e. The maximum absolute atomic E-state index is 14.4. The molecule has 0 spiro atoms. The average molecular weight is 792 g/mol. The summed E-state index contributed by atoms with van der Waals surface area (Å²) in [5, 5.41) is 16.9. The SMILES string of the molecule is CC[C@H](C)[C@@H]([C@@H](CC(=O)N1CCC[C@H]1[C@H](OC)[C@@H](C)C(=O)N[C@H](C)[C@@H](O)c1ccccc1)OC)N(C)C(=O)[C@@H](NC(=O)[C@H](C(C)C)N(C)C(C)(C)S)C(C)C. The second kappa shape index (κ2) is 21.7. The van der Waals surface area contributed by atoms with E-state index in [1.807, 2.05) is 97.7 Å². The number of benzene rings is 1. The van der Waals surface area contributed by atoms with Crippen LogP contribution in [0, 0.1) is 23.7 Å². The number of methoxy groups -OCH3 is 2. The lowest BCUT2D eigenvalue weighted by molar-refractivity contribution is -0.148. The van der Waals surface area contributed by atoms with E-state index in [9.17, 15) is 24.3 Å². The predicted octanol–water partition coefficient (Wildman–Crippen LogP) is 4.91. The normalized spacial score (nSPS) is 20.0. The number of nitrogens with zero attached hydrogens (tertiary/aromatic N) is 3. The van der Waals surface area contributed by atoms with Crippen molar-refractivity contribution in [3.63, 3.8) is 0 Å². The van der Waals surface area contributed by atoms with Crippen LogP contribution in [0.2, 0.25) is 0 Å². The first-order valence-corrected chi connectivity index (χ1v) is 20.5. The van der Waals surface area contributed by atoms with Gasteiger partial charge in [0, 0.05) is 27.8 Å². The van der Waals surface area contributed by atoms with E-state index < -0.39 is 53.3 Å². The van der Waals surface area contributed by atoms with E-state index in [0.717, 1.165) is 12.8 Å². The number of hydrogen-bond donors (Lipinski definition) is 4. The second-order valence-electron chi connectivity index (χ2n) is 16.8. The van der Waals surface area contributed by atoms with Crippen LogP contribution in [-0.4, -0.2) is 126 Å². The number of aliphatic hydroxyl groups excluding tert-OH is 1. The molecule has 1 heterocycles. The van der Waals surface area contributed by atoms with Gasteiger partial charge in [0.15, 0.2) is 0 Å². The van der Waals surface area contributed by atoms with E-state index in [1.165, 1.54) is 0 Å². The molecule has 0 aromatic heterocycles. The number of nitrogens with one attached hydrogen (secondary N) is 2. The van der Waals surface area contributed by atoms with Crippen molar-refractivity contribution >= 4 is 36.3 Å². The molecule has 55 heavy (non-hydrogen) atoms. The van der Waals surface area contributed by atoms with Crippen LogP contribution < -0.4 is 10.6 Å². The number of carbonyl (C=O) groups excluding carboxylic acids is 4. The van der Waals surface area contributed by atoms with Crippen LogP contribution in [0.3, 0.4) is 0 Å². The highest BCUT2D eigenvalue weighted by Gasteiger charge is 2.44. The Morgan fingerprint density at radius 3 is 2.04 bits per heavy atom. The Labute approximate surface area is 337 Å². The molecule has 1 aromatic rings. The van der Waals surface area contributed by atoms with Crippen molar-refractivity contribution in [3.8, 4) is 0 Å². The monoisotopic (exact) mass is 792 g/mol. The Kier molecular flexibility index (Phi) is 19.1. The molecule has 1 saturated heterocycles. The first kappa shape index (κ1) is 48.4. The fourth-order valence-electron chi connectivity index (χ4n) is 7.92. The topological polar surface area (TPSA) is 141 Å². The van der Waals surface area contributed by atoms with E-state index in [1.54, 1.807) is 44.9 Å². The average Bonchev–Trinajstić information content (AvgIpc) is 3.62. The third-order valence-electron chi connectivity index (χ3n) is 11.7. The van der Waals surface area contributed by atoms with Crippen molar-refractivity contribution in [2.24, 2.45) is 23.7 Å². The molecular formula is C42H73N5O7S.